The number of hydrogen-bond acceptors (Lipinski definition) is 4. The smallest absolute Gasteiger partial charge is 0.246 e. The van der Waals surface area contributed by atoms with Gasteiger partial charge in [0.15, 0.2) is 0 Å². The molecule has 5 nitrogen and oxygen atoms in total. The number of aromatic nitrogens is 2. The average molecular weight is 428 g/mol. The number of aryl methyl sites for hydroxylation is 1. The molecule has 2 aromatic carbocycles. The molecule has 0 N–H and O–H groups in total. The van der Waals surface area contributed by atoms with Crippen molar-refractivity contribution in [2.75, 3.05) is 20.2 Å². The summed E-state index contributed by atoms with van der Waals surface area (Å²) < 4.78 is 5.19. The van der Waals surface area contributed by atoms with E-state index in [1.54, 1.807) is 13.2 Å². The minimum Gasteiger partial charge on any atom is -0.497 e. The molecule has 3 aromatic rings. The number of ether oxygens (including phenoxy) is 1. The van der Waals surface area contributed by atoms with E-state index in [0.717, 1.165) is 54.2 Å². The van der Waals surface area contributed by atoms with E-state index in [1.165, 1.54) is 5.56 Å². The Morgan fingerprint density at radius 3 is 2.69 bits per heavy atom. The zero-order chi connectivity index (χ0) is 22.3. The van der Waals surface area contributed by atoms with E-state index in [0.29, 0.717) is 6.54 Å². The summed E-state index contributed by atoms with van der Waals surface area (Å²) in [7, 11) is 1.64. The Bertz CT molecular complexity index is 1080. The molecule has 1 fully saturated rings. The fourth-order valence-corrected chi connectivity index (χ4v) is 4.21. The van der Waals surface area contributed by atoms with E-state index in [2.05, 4.69) is 29.2 Å². The summed E-state index contributed by atoms with van der Waals surface area (Å²) in [6.07, 6.45) is 8.29. The van der Waals surface area contributed by atoms with E-state index in [-0.39, 0.29) is 11.8 Å². The molecule has 2 heterocycles. The number of methoxy groups -OCH3 is 1. The van der Waals surface area contributed by atoms with Gasteiger partial charge in [-0.05, 0) is 54.7 Å². The van der Waals surface area contributed by atoms with Gasteiger partial charge in [-0.25, -0.2) is 9.97 Å². The van der Waals surface area contributed by atoms with Gasteiger partial charge in [-0.1, -0.05) is 42.5 Å². The van der Waals surface area contributed by atoms with Gasteiger partial charge in [-0.3, -0.25) is 4.79 Å². The molecule has 1 amide bonds. The fourth-order valence-electron chi connectivity index (χ4n) is 4.21. The molecule has 0 saturated carbocycles. The van der Waals surface area contributed by atoms with Gasteiger partial charge in [0.25, 0.3) is 0 Å². The third kappa shape index (κ3) is 5.41. The van der Waals surface area contributed by atoms with Gasteiger partial charge in [0.1, 0.15) is 11.6 Å². The molecule has 164 valence electrons. The summed E-state index contributed by atoms with van der Waals surface area (Å²) in [5.74, 6) is 1.85. The molecule has 1 saturated heterocycles. The lowest BCUT2D eigenvalue weighted by Gasteiger charge is -2.32. The van der Waals surface area contributed by atoms with Gasteiger partial charge in [-0.15, -0.1) is 0 Å². The predicted octanol–water partition coefficient (Wildman–Crippen LogP) is 4.80. The standard InChI is InChI=1S/C27H29N3O2/c1-20-28-18-24(17-22-7-4-3-5-8-22)27(29-20)23-9-6-16-30(19-23)26(31)15-12-21-10-13-25(32-2)14-11-21/h3-5,7-8,10-15,18,23H,6,9,16-17,19H2,1-2H3/b15-12+/t23-/m1/s1. The Kier molecular flexibility index (Phi) is 6.95. The quantitative estimate of drug-likeness (QED) is 0.530. The molecule has 0 bridgehead atoms. The number of amides is 1. The number of likely N-dealkylation sites (tertiary alicyclic amines) is 1. The molecule has 32 heavy (non-hydrogen) atoms. The van der Waals surface area contributed by atoms with Crippen LogP contribution in [0.3, 0.4) is 0 Å². The van der Waals surface area contributed by atoms with E-state index in [9.17, 15) is 4.79 Å². The third-order valence-electron chi connectivity index (χ3n) is 5.91. The van der Waals surface area contributed by atoms with Crippen LogP contribution in [0.5, 0.6) is 5.75 Å². The van der Waals surface area contributed by atoms with Gasteiger partial charge in [0.05, 0.1) is 12.8 Å². The molecule has 1 atom stereocenters. The largest absolute Gasteiger partial charge is 0.497 e. The van der Waals surface area contributed by atoms with Crippen molar-refractivity contribution in [3.05, 3.63) is 95.1 Å². The Labute approximate surface area is 189 Å². The molecular weight excluding hydrogens is 398 g/mol. The highest BCUT2D eigenvalue weighted by Crippen LogP contribution is 2.29. The number of rotatable bonds is 6. The predicted molar refractivity (Wildman–Crippen MR) is 127 cm³/mol. The van der Waals surface area contributed by atoms with Crippen LogP contribution in [0.25, 0.3) is 6.08 Å². The van der Waals surface area contributed by atoms with Crippen LogP contribution in [0.15, 0.2) is 66.9 Å². The topological polar surface area (TPSA) is 55.3 Å². The summed E-state index contributed by atoms with van der Waals surface area (Å²) in [6, 6.07) is 18.1. The van der Waals surface area contributed by atoms with Crippen molar-refractivity contribution in [2.45, 2.75) is 32.1 Å². The SMILES string of the molecule is COc1ccc(/C=C/C(=O)N2CCC[C@@H](c3nc(C)ncc3Cc3ccccc3)C2)cc1. The van der Waals surface area contributed by atoms with Gasteiger partial charge < -0.3 is 9.64 Å². The molecule has 0 radical (unpaired) electrons. The van der Waals surface area contributed by atoms with Crippen LogP contribution in [0.2, 0.25) is 0 Å². The summed E-state index contributed by atoms with van der Waals surface area (Å²) in [5.41, 5.74) is 4.45. The lowest BCUT2D eigenvalue weighted by molar-refractivity contribution is -0.127. The minimum absolute atomic E-state index is 0.0425. The number of carbonyl (C=O) groups is 1. The van der Waals surface area contributed by atoms with Crippen LogP contribution >= 0.6 is 0 Å². The number of nitrogens with zero attached hydrogens (tertiary/aromatic N) is 3. The number of carbonyl (C=O) groups excluding carboxylic acids is 1. The summed E-state index contributed by atoms with van der Waals surface area (Å²) in [6.45, 7) is 3.39. The van der Waals surface area contributed by atoms with Crippen LogP contribution in [0, 0.1) is 6.92 Å². The zero-order valence-electron chi connectivity index (χ0n) is 18.7. The first-order chi connectivity index (χ1) is 15.6. The first-order valence-electron chi connectivity index (χ1n) is 11.1. The number of benzene rings is 2. The van der Waals surface area contributed by atoms with Crippen LogP contribution in [-0.2, 0) is 11.2 Å². The van der Waals surface area contributed by atoms with Crippen molar-refractivity contribution in [3.8, 4) is 5.75 Å². The number of piperidine rings is 1. The normalized spacial score (nSPS) is 16.3. The van der Waals surface area contributed by atoms with Crippen LogP contribution in [0.4, 0.5) is 0 Å². The van der Waals surface area contributed by atoms with Crippen LogP contribution < -0.4 is 4.74 Å². The monoisotopic (exact) mass is 427 g/mol. The molecule has 0 aliphatic carbocycles. The maximum Gasteiger partial charge on any atom is 0.246 e. The van der Waals surface area contributed by atoms with Crippen molar-refractivity contribution >= 4 is 12.0 Å². The molecule has 0 unspecified atom stereocenters. The second kappa shape index (κ2) is 10.2. The summed E-state index contributed by atoms with van der Waals surface area (Å²) in [4.78, 5) is 24.1. The molecule has 4 rings (SSSR count). The highest BCUT2D eigenvalue weighted by atomic mass is 16.5. The van der Waals surface area contributed by atoms with Crippen molar-refractivity contribution in [1.82, 2.24) is 14.9 Å². The van der Waals surface area contributed by atoms with E-state index >= 15 is 0 Å². The Morgan fingerprint density at radius 1 is 1.16 bits per heavy atom. The van der Waals surface area contributed by atoms with E-state index in [4.69, 9.17) is 9.72 Å². The van der Waals surface area contributed by atoms with E-state index < -0.39 is 0 Å². The van der Waals surface area contributed by atoms with Crippen molar-refractivity contribution in [2.24, 2.45) is 0 Å². The Morgan fingerprint density at radius 2 is 1.94 bits per heavy atom. The van der Waals surface area contributed by atoms with Gasteiger partial charge in [0, 0.05) is 37.7 Å². The second-order valence-electron chi connectivity index (χ2n) is 8.22. The van der Waals surface area contributed by atoms with Gasteiger partial charge in [-0.2, -0.15) is 0 Å². The maximum absolute atomic E-state index is 12.9. The molecular formula is C27H29N3O2. The Balaban J connectivity index is 1.48. The van der Waals surface area contributed by atoms with Gasteiger partial charge in [0.2, 0.25) is 5.91 Å². The van der Waals surface area contributed by atoms with Gasteiger partial charge >= 0.3 is 0 Å². The van der Waals surface area contributed by atoms with Crippen LogP contribution in [-0.4, -0.2) is 41.0 Å². The zero-order valence-corrected chi connectivity index (χ0v) is 18.7. The van der Waals surface area contributed by atoms with Crippen molar-refractivity contribution < 1.29 is 9.53 Å². The van der Waals surface area contributed by atoms with Crippen molar-refractivity contribution in [3.63, 3.8) is 0 Å². The Hall–Kier alpha value is -3.47. The summed E-state index contributed by atoms with van der Waals surface area (Å²) >= 11 is 0. The minimum atomic E-state index is 0.0425. The van der Waals surface area contributed by atoms with Crippen LogP contribution in [0.1, 0.15) is 47.0 Å². The van der Waals surface area contributed by atoms with E-state index in [1.807, 2.05) is 54.4 Å². The summed E-state index contributed by atoms with van der Waals surface area (Å²) in [5, 5.41) is 0. The second-order valence-corrected chi connectivity index (χ2v) is 8.22. The van der Waals surface area contributed by atoms with Crippen molar-refractivity contribution in [1.29, 1.82) is 0 Å². The lowest BCUT2D eigenvalue weighted by atomic mass is 9.90. The third-order valence-corrected chi connectivity index (χ3v) is 5.91. The maximum atomic E-state index is 12.9. The molecule has 1 aromatic heterocycles. The highest BCUT2D eigenvalue weighted by molar-refractivity contribution is 5.91. The molecule has 0 spiro atoms. The number of hydrogen-bond donors (Lipinski definition) is 0. The first kappa shape index (κ1) is 21.8. The highest BCUT2D eigenvalue weighted by Gasteiger charge is 2.26. The molecule has 5 heteroatoms. The first-order valence-corrected chi connectivity index (χ1v) is 11.1. The molecule has 1 aliphatic heterocycles. The lowest BCUT2D eigenvalue weighted by Crippen LogP contribution is -2.38. The fraction of sp³-hybridized carbons (Fsp3) is 0.296. The molecule has 1 aliphatic rings. The average Bonchev–Trinajstić information content (AvgIpc) is 2.84.